The maximum Gasteiger partial charge on any atom is 0.279 e. The van der Waals surface area contributed by atoms with Crippen molar-refractivity contribution in [1.82, 2.24) is 18.6 Å². The standard InChI is InChI=1S/C13H24N4O2S/c1-12(2)13-14-7-11-16(13)8-5-6-15-20(18,19)17-9-3-4-10-17/h7,11-12,15H,3-6,8-10H2,1-2H3. The summed E-state index contributed by atoms with van der Waals surface area (Å²) in [5.41, 5.74) is 0. The fourth-order valence-corrected chi connectivity index (χ4v) is 3.80. The van der Waals surface area contributed by atoms with Gasteiger partial charge in [0, 0.05) is 44.5 Å². The molecule has 0 aromatic carbocycles. The van der Waals surface area contributed by atoms with E-state index < -0.39 is 10.2 Å². The largest absolute Gasteiger partial charge is 0.335 e. The molecule has 6 nitrogen and oxygen atoms in total. The lowest BCUT2D eigenvalue weighted by atomic mass is 10.2. The molecule has 2 rings (SSSR count). The summed E-state index contributed by atoms with van der Waals surface area (Å²) >= 11 is 0. The smallest absolute Gasteiger partial charge is 0.279 e. The van der Waals surface area contributed by atoms with Crippen LogP contribution in [0.1, 0.15) is 44.9 Å². The van der Waals surface area contributed by atoms with Gasteiger partial charge in [0.05, 0.1) is 0 Å². The van der Waals surface area contributed by atoms with E-state index in [1.165, 1.54) is 4.31 Å². The quantitative estimate of drug-likeness (QED) is 0.772. The van der Waals surface area contributed by atoms with Crippen molar-refractivity contribution < 1.29 is 8.42 Å². The highest BCUT2D eigenvalue weighted by Crippen LogP contribution is 2.13. The molecular weight excluding hydrogens is 276 g/mol. The average Bonchev–Trinajstić information content (AvgIpc) is 3.05. The molecule has 1 aromatic heterocycles. The van der Waals surface area contributed by atoms with Gasteiger partial charge >= 0.3 is 0 Å². The zero-order valence-corrected chi connectivity index (χ0v) is 13.1. The number of hydrogen-bond donors (Lipinski definition) is 1. The number of rotatable bonds is 7. The molecule has 0 atom stereocenters. The zero-order valence-electron chi connectivity index (χ0n) is 12.2. The van der Waals surface area contributed by atoms with Crippen LogP contribution in [0.15, 0.2) is 12.4 Å². The predicted octanol–water partition coefficient (Wildman–Crippen LogP) is 1.33. The van der Waals surface area contributed by atoms with E-state index in [0.717, 1.165) is 31.6 Å². The molecular formula is C13H24N4O2S. The van der Waals surface area contributed by atoms with Crippen LogP contribution in [0.2, 0.25) is 0 Å². The molecule has 0 radical (unpaired) electrons. The molecule has 1 aliphatic heterocycles. The van der Waals surface area contributed by atoms with Crippen LogP contribution < -0.4 is 4.72 Å². The fourth-order valence-electron chi connectivity index (χ4n) is 2.48. The van der Waals surface area contributed by atoms with E-state index in [-0.39, 0.29) is 0 Å². The molecule has 0 unspecified atom stereocenters. The second-order valence-electron chi connectivity index (χ2n) is 5.49. The highest BCUT2D eigenvalue weighted by atomic mass is 32.2. The normalized spacial score (nSPS) is 17.1. The Balaban J connectivity index is 1.77. The van der Waals surface area contributed by atoms with Crippen LogP contribution >= 0.6 is 0 Å². The van der Waals surface area contributed by atoms with Gasteiger partial charge in [-0.1, -0.05) is 13.8 Å². The monoisotopic (exact) mass is 300 g/mol. The summed E-state index contributed by atoms with van der Waals surface area (Å²) in [4.78, 5) is 4.32. The number of hydrogen-bond acceptors (Lipinski definition) is 3. The van der Waals surface area contributed by atoms with Crippen molar-refractivity contribution in [2.45, 2.75) is 45.6 Å². The van der Waals surface area contributed by atoms with Crippen LogP contribution in [-0.2, 0) is 16.8 Å². The van der Waals surface area contributed by atoms with Crippen LogP contribution in [0.3, 0.4) is 0 Å². The Hall–Kier alpha value is -0.920. The number of imidazole rings is 1. The summed E-state index contributed by atoms with van der Waals surface area (Å²) in [6.07, 6.45) is 6.44. The van der Waals surface area contributed by atoms with Crippen molar-refractivity contribution in [2.75, 3.05) is 19.6 Å². The average molecular weight is 300 g/mol. The molecule has 114 valence electrons. The Labute approximate surface area is 121 Å². The van der Waals surface area contributed by atoms with Crippen LogP contribution in [0.25, 0.3) is 0 Å². The van der Waals surface area contributed by atoms with E-state index in [1.807, 2.05) is 6.20 Å². The van der Waals surface area contributed by atoms with Crippen molar-refractivity contribution in [2.24, 2.45) is 0 Å². The Kier molecular flexibility index (Phi) is 5.17. The van der Waals surface area contributed by atoms with Crippen LogP contribution in [0, 0.1) is 0 Å². The Morgan fingerprint density at radius 2 is 2.05 bits per heavy atom. The molecule has 1 aliphatic rings. The number of aryl methyl sites for hydroxylation is 1. The topological polar surface area (TPSA) is 67.2 Å². The predicted molar refractivity (Wildman–Crippen MR) is 78.7 cm³/mol. The third kappa shape index (κ3) is 3.80. The van der Waals surface area contributed by atoms with Gasteiger partial charge in [-0.05, 0) is 19.3 Å². The summed E-state index contributed by atoms with van der Waals surface area (Å²) in [5, 5.41) is 0. The second-order valence-corrected chi connectivity index (χ2v) is 7.25. The van der Waals surface area contributed by atoms with Gasteiger partial charge in [-0.15, -0.1) is 0 Å². The SMILES string of the molecule is CC(C)c1nccn1CCCNS(=O)(=O)N1CCCC1. The van der Waals surface area contributed by atoms with Gasteiger partial charge in [-0.2, -0.15) is 12.7 Å². The maximum atomic E-state index is 12.0. The first-order valence-electron chi connectivity index (χ1n) is 7.26. The number of nitrogens with zero attached hydrogens (tertiary/aromatic N) is 3. The molecule has 7 heteroatoms. The minimum atomic E-state index is -3.27. The van der Waals surface area contributed by atoms with Crippen molar-refractivity contribution in [3.63, 3.8) is 0 Å². The Morgan fingerprint density at radius 3 is 2.70 bits per heavy atom. The van der Waals surface area contributed by atoms with Crippen LogP contribution in [0.5, 0.6) is 0 Å². The van der Waals surface area contributed by atoms with Crippen molar-refractivity contribution in [1.29, 1.82) is 0 Å². The first kappa shape index (κ1) is 15.5. The molecule has 0 aliphatic carbocycles. The third-order valence-corrected chi connectivity index (χ3v) is 5.14. The summed E-state index contributed by atoms with van der Waals surface area (Å²) in [6, 6.07) is 0. The Bertz CT molecular complexity index is 518. The highest BCUT2D eigenvalue weighted by Gasteiger charge is 2.24. The summed E-state index contributed by atoms with van der Waals surface area (Å²) in [6.45, 7) is 6.76. The zero-order chi connectivity index (χ0) is 14.6. The van der Waals surface area contributed by atoms with Gasteiger partial charge in [0.1, 0.15) is 5.82 Å². The molecule has 1 fully saturated rings. The van der Waals surface area contributed by atoms with Crippen molar-refractivity contribution in [3.8, 4) is 0 Å². The van der Waals surface area contributed by atoms with Gasteiger partial charge in [-0.25, -0.2) is 9.71 Å². The van der Waals surface area contributed by atoms with Gasteiger partial charge in [0.2, 0.25) is 0 Å². The minimum absolute atomic E-state index is 0.381. The fraction of sp³-hybridized carbons (Fsp3) is 0.769. The summed E-state index contributed by atoms with van der Waals surface area (Å²) < 4.78 is 30.2. The number of nitrogens with one attached hydrogen (secondary N) is 1. The van der Waals surface area contributed by atoms with Gasteiger partial charge < -0.3 is 4.57 Å². The second kappa shape index (κ2) is 6.69. The highest BCUT2D eigenvalue weighted by molar-refractivity contribution is 7.87. The summed E-state index contributed by atoms with van der Waals surface area (Å²) in [5.74, 6) is 1.43. The molecule has 2 heterocycles. The van der Waals surface area contributed by atoms with E-state index >= 15 is 0 Å². The van der Waals surface area contributed by atoms with E-state index in [4.69, 9.17) is 0 Å². The van der Waals surface area contributed by atoms with E-state index in [1.54, 1.807) is 6.20 Å². The lowest BCUT2D eigenvalue weighted by Gasteiger charge is -2.16. The molecule has 0 amide bonds. The number of aromatic nitrogens is 2. The lowest BCUT2D eigenvalue weighted by molar-refractivity contribution is 0.462. The molecule has 20 heavy (non-hydrogen) atoms. The van der Waals surface area contributed by atoms with E-state index in [9.17, 15) is 8.42 Å². The molecule has 1 N–H and O–H groups in total. The van der Waals surface area contributed by atoms with Crippen LogP contribution in [-0.4, -0.2) is 41.9 Å². The van der Waals surface area contributed by atoms with Gasteiger partial charge in [-0.3, -0.25) is 0 Å². The summed E-state index contributed by atoms with van der Waals surface area (Å²) in [7, 11) is -3.27. The van der Waals surface area contributed by atoms with Gasteiger partial charge in [0.25, 0.3) is 10.2 Å². The molecule has 0 bridgehead atoms. The van der Waals surface area contributed by atoms with E-state index in [2.05, 4.69) is 28.1 Å². The molecule has 0 spiro atoms. The molecule has 0 saturated carbocycles. The first-order chi connectivity index (χ1) is 9.50. The molecule has 1 aromatic rings. The van der Waals surface area contributed by atoms with Crippen molar-refractivity contribution >= 4 is 10.2 Å². The van der Waals surface area contributed by atoms with Crippen molar-refractivity contribution in [3.05, 3.63) is 18.2 Å². The third-order valence-electron chi connectivity index (χ3n) is 3.53. The van der Waals surface area contributed by atoms with Crippen LogP contribution in [0.4, 0.5) is 0 Å². The minimum Gasteiger partial charge on any atom is -0.335 e. The van der Waals surface area contributed by atoms with Gasteiger partial charge in [0.15, 0.2) is 0 Å². The maximum absolute atomic E-state index is 12.0. The Morgan fingerprint density at radius 1 is 1.35 bits per heavy atom. The molecule has 1 saturated heterocycles. The first-order valence-corrected chi connectivity index (χ1v) is 8.70. The lowest BCUT2D eigenvalue weighted by Crippen LogP contribution is -2.39. The van der Waals surface area contributed by atoms with E-state index in [0.29, 0.717) is 25.6 Å².